The summed E-state index contributed by atoms with van der Waals surface area (Å²) < 4.78 is 5.23. The highest BCUT2D eigenvalue weighted by molar-refractivity contribution is 5.90. The van der Waals surface area contributed by atoms with E-state index in [1.54, 1.807) is 19.1 Å². The molecule has 0 saturated heterocycles. The predicted molar refractivity (Wildman–Crippen MR) is 67.7 cm³/mol. The smallest absolute Gasteiger partial charge is 0.339 e. The normalized spacial score (nSPS) is 14.6. The first-order valence-corrected chi connectivity index (χ1v) is 5.57. The highest BCUT2D eigenvalue weighted by Crippen LogP contribution is 2.16. The molecule has 2 rings (SSSR count). The van der Waals surface area contributed by atoms with Crippen LogP contribution in [0.25, 0.3) is 0 Å². The van der Waals surface area contributed by atoms with Crippen LogP contribution in [-0.2, 0) is 4.79 Å². The summed E-state index contributed by atoms with van der Waals surface area (Å²) in [5.41, 5.74) is 1.75. The molecule has 1 aliphatic rings. The molecule has 1 aromatic carbocycles. The molecule has 2 nitrogen and oxygen atoms in total. The van der Waals surface area contributed by atoms with E-state index in [2.05, 4.69) is 6.08 Å². The second kappa shape index (κ2) is 5.30. The zero-order chi connectivity index (χ0) is 12.1. The summed E-state index contributed by atoms with van der Waals surface area (Å²) in [6, 6.07) is 9.09. The first kappa shape index (κ1) is 11.4. The van der Waals surface area contributed by atoms with Crippen molar-refractivity contribution >= 4 is 5.97 Å². The van der Waals surface area contributed by atoms with E-state index < -0.39 is 0 Å². The van der Waals surface area contributed by atoms with Gasteiger partial charge in [0.15, 0.2) is 0 Å². The number of carbonyl (C=O) groups excluding carboxylic acids is 1. The van der Waals surface area contributed by atoms with Crippen LogP contribution in [0.2, 0.25) is 0 Å². The number of para-hydroxylation sites is 1. The molecule has 1 aliphatic carbocycles. The van der Waals surface area contributed by atoms with E-state index in [0.29, 0.717) is 11.3 Å². The summed E-state index contributed by atoms with van der Waals surface area (Å²) in [5.74, 6) is 0.271. The quantitative estimate of drug-likeness (QED) is 0.448. The van der Waals surface area contributed by atoms with Crippen LogP contribution < -0.4 is 4.74 Å². The molecule has 1 aromatic rings. The second-order valence-corrected chi connectivity index (χ2v) is 3.90. The Morgan fingerprint density at radius 2 is 2.06 bits per heavy atom. The van der Waals surface area contributed by atoms with Gasteiger partial charge in [-0.2, -0.15) is 0 Å². The van der Waals surface area contributed by atoms with Gasteiger partial charge in [-0.25, -0.2) is 4.79 Å². The molecule has 0 bridgehead atoms. The van der Waals surface area contributed by atoms with Gasteiger partial charge in [0.1, 0.15) is 5.75 Å². The van der Waals surface area contributed by atoms with Gasteiger partial charge in [-0.1, -0.05) is 36.4 Å². The lowest BCUT2D eigenvalue weighted by Gasteiger charge is -2.04. The lowest BCUT2D eigenvalue weighted by molar-refractivity contribution is -0.130. The Morgan fingerprint density at radius 3 is 2.71 bits per heavy atom. The van der Waals surface area contributed by atoms with Gasteiger partial charge < -0.3 is 4.74 Å². The third-order valence-electron chi connectivity index (χ3n) is 2.48. The third kappa shape index (κ3) is 3.18. The Balaban J connectivity index is 2.01. The molecule has 0 aromatic heterocycles. The molecule has 0 spiro atoms. The highest BCUT2D eigenvalue weighted by Gasteiger charge is 2.08. The Morgan fingerprint density at radius 1 is 1.29 bits per heavy atom. The zero-order valence-corrected chi connectivity index (χ0v) is 9.72. The Bertz CT molecular complexity index is 493. The minimum Gasteiger partial charge on any atom is -0.423 e. The molecule has 0 N–H and O–H groups in total. The van der Waals surface area contributed by atoms with E-state index in [-0.39, 0.29) is 5.97 Å². The van der Waals surface area contributed by atoms with Gasteiger partial charge >= 0.3 is 5.97 Å². The molecular formula is C15H14O2. The molecule has 0 fully saturated rings. The SMILES string of the molecule is CC(=CC1=CC=CC1)C(=O)Oc1ccccc1. The summed E-state index contributed by atoms with van der Waals surface area (Å²) in [6.07, 6.45) is 8.80. The van der Waals surface area contributed by atoms with Crippen LogP contribution in [0, 0.1) is 0 Å². The fraction of sp³-hybridized carbons (Fsp3) is 0.133. The summed E-state index contributed by atoms with van der Waals surface area (Å²) in [5, 5.41) is 0. The average molecular weight is 226 g/mol. The number of allylic oxidation sites excluding steroid dienone is 5. The van der Waals surface area contributed by atoms with Crippen LogP contribution in [0.15, 0.2) is 65.8 Å². The Labute approximate surface area is 101 Å². The number of hydrogen-bond acceptors (Lipinski definition) is 2. The van der Waals surface area contributed by atoms with Crippen molar-refractivity contribution in [1.82, 2.24) is 0 Å². The standard InChI is InChI=1S/C15H14O2/c1-12(11-13-7-5-6-8-13)15(16)17-14-9-3-2-4-10-14/h2-7,9-11H,8H2,1H3. The summed E-state index contributed by atoms with van der Waals surface area (Å²) in [6.45, 7) is 1.77. The topological polar surface area (TPSA) is 26.3 Å². The molecule has 0 heterocycles. The fourth-order valence-corrected chi connectivity index (χ4v) is 1.58. The first-order valence-electron chi connectivity index (χ1n) is 5.57. The van der Waals surface area contributed by atoms with Crippen LogP contribution in [0.1, 0.15) is 13.3 Å². The van der Waals surface area contributed by atoms with Gasteiger partial charge in [-0.3, -0.25) is 0 Å². The third-order valence-corrected chi connectivity index (χ3v) is 2.48. The minimum absolute atomic E-state index is 0.302. The van der Waals surface area contributed by atoms with Crippen LogP contribution in [-0.4, -0.2) is 5.97 Å². The maximum Gasteiger partial charge on any atom is 0.339 e. The number of rotatable bonds is 3. The minimum atomic E-state index is -0.302. The maximum absolute atomic E-state index is 11.8. The van der Waals surface area contributed by atoms with Crippen LogP contribution in [0.3, 0.4) is 0 Å². The van der Waals surface area contributed by atoms with Crippen molar-refractivity contribution in [3.8, 4) is 5.75 Å². The number of benzene rings is 1. The second-order valence-electron chi connectivity index (χ2n) is 3.90. The van der Waals surface area contributed by atoms with Crippen LogP contribution in [0.5, 0.6) is 5.75 Å². The first-order chi connectivity index (χ1) is 8.25. The molecule has 0 aliphatic heterocycles. The number of carbonyl (C=O) groups is 1. The van der Waals surface area contributed by atoms with E-state index in [9.17, 15) is 4.79 Å². The monoisotopic (exact) mass is 226 g/mol. The summed E-state index contributed by atoms with van der Waals surface area (Å²) in [4.78, 5) is 11.8. The predicted octanol–water partition coefficient (Wildman–Crippen LogP) is 3.42. The fourth-order valence-electron chi connectivity index (χ4n) is 1.58. The number of ether oxygens (including phenoxy) is 1. The van der Waals surface area contributed by atoms with Crippen molar-refractivity contribution in [3.05, 3.63) is 65.8 Å². The van der Waals surface area contributed by atoms with Crippen molar-refractivity contribution < 1.29 is 9.53 Å². The molecule has 0 amide bonds. The lowest BCUT2D eigenvalue weighted by atomic mass is 10.1. The molecule has 0 radical (unpaired) electrons. The van der Waals surface area contributed by atoms with Crippen molar-refractivity contribution in [1.29, 1.82) is 0 Å². The van der Waals surface area contributed by atoms with E-state index in [1.165, 1.54) is 0 Å². The molecule has 17 heavy (non-hydrogen) atoms. The molecule has 0 atom stereocenters. The van der Waals surface area contributed by atoms with E-state index in [4.69, 9.17) is 4.74 Å². The Hall–Kier alpha value is -2.09. The van der Waals surface area contributed by atoms with Crippen molar-refractivity contribution in [2.45, 2.75) is 13.3 Å². The Kier molecular flexibility index (Phi) is 3.55. The van der Waals surface area contributed by atoms with E-state index in [0.717, 1.165) is 12.0 Å². The summed E-state index contributed by atoms with van der Waals surface area (Å²) >= 11 is 0. The average Bonchev–Trinajstić information content (AvgIpc) is 2.83. The largest absolute Gasteiger partial charge is 0.423 e. The van der Waals surface area contributed by atoms with Gasteiger partial charge in [0.05, 0.1) is 0 Å². The molecule has 86 valence electrons. The highest BCUT2D eigenvalue weighted by atomic mass is 16.5. The molecule has 0 unspecified atom stereocenters. The van der Waals surface area contributed by atoms with Crippen molar-refractivity contribution in [2.24, 2.45) is 0 Å². The lowest BCUT2D eigenvalue weighted by Crippen LogP contribution is -2.09. The molecule has 2 heteroatoms. The van der Waals surface area contributed by atoms with E-state index >= 15 is 0 Å². The van der Waals surface area contributed by atoms with Crippen molar-refractivity contribution in [3.63, 3.8) is 0 Å². The van der Waals surface area contributed by atoms with Gasteiger partial charge in [0.2, 0.25) is 0 Å². The maximum atomic E-state index is 11.8. The number of hydrogen-bond donors (Lipinski definition) is 0. The van der Waals surface area contributed by atoms with Crippen molar-refractivity contribution in [2.75, 3.05) is 0 Å². The van der Waals surface area contributed by atoms with Gasteiger partial charge in [-0.05, 0) is 37.1 Å². The molecular weight excluding hydrogens is 212 g/mol. The van der Waals surface area contributed by atoms with Crippen LogP contribution >= 0.6 is 0 Å². The zero-order valence-electron chi connectivity index (χ0n) is 9.72. The van der Waals surface area contributed by atoms with E-state index in [1.807, 2.05) is 36.4 Å². The molecule has 0 saturated carbocycles. The van der Waals surface area contributed by atoms with Gasteiger partial charge in [0, 0.05) is 5.57 Å². The number of esters is 1. The summed E-state index contributed by atoms with van der Waals surface area (Å²) in [7, 11) is 0. The van der Waals surface area contributed by atoms with Crippen LogP contribution in [0.4, 0.5) is 0 Å². The van der Waals surface area contributed by atoms with Gasteiger partial charge in [-0.15, -0.1) is 0 Å². The van der Waals surface area contributed by atoms with Gasteiger partial charge in [0.25, 0.3) is 0 Å².